The Morgan fingerprint density at radius 2 is 1.91 bits per heavy atom. The number of hydrogen-bond acceptors (Lipinski definition) is 5. The number of ether oxygens (including phenoxy) is 1. The number of benzene rings is 1. The van der Waals surface area contributed by atoms with Crippen LogP contribution in [0.1, 0.15) is 60.9 Å². The number of fused-ring (bicyclic) bond motifs is 1. The van der Waals surface area contributed by atoms with Crippen LogP contribution in [0.5, 0.6) is 5.75 Å². The Kier molecular flexibility index (Phi) is 6.46. The zero-order valence-corrected chi connectivity index (χ0v) is 19.7. The lowest BCUT2D eigenvalue weighted by Crippen LogP contribution is -2.49. The van der Waals surface area contributed by atoms with E-state index in [4.69, 9.17) is 4.74 Å². The van der Waals surface area contributed by atoms with Crippen LogP contribution in [0.4, 0.5) is 0 Å². The number of pyridine rings is 1. The fraction of sp³-hybridized carbons (Fsp3) is 0.480. The molecule has 0 bridgehead atoms. The molecule has 1 saturated heterocycles. The molecule has 3 heterocycles. The van der Waals surface area contributed by atoms with Crippen molar-refractivity contribution in [3.63, 3.8) is 0 Å². The summed E-state index contributed by atoms with van der Waals surface area (Å²) in [7, 11) is 1.69. The predicted molar refractivity (Wildman–Crippen MR) is 126 cm³/mol. The number of nitrogens with zero attached hydrogens (tertiary/aromatic N) is 5. The van der Waals surface area contributed by atoms with Gasteiger partial charge in [-0.3, -0.25) is 9.69 Å². The standard InChI is InChI=1S/C25H33N5O2/c1-6-18(3)30-24-23(16-26-30)22(14-17(2)27-24)25(31)29-12-10-28(11-13-29)19(4)20-8-7-9-21(15-20)32-5/h7-9,14-16,18-19H,6,10-13H2,1-5H3. The second-order valence-corrected chi connectivity index (χ2v) is 8.68. The van der Waals surface area contributed by atoms with Crippen LogP contribution in [-0.4, -0.2) is 63.8 Å². The zero-order valence-electron chi connectivity index (χ0n) is 19.7. The lowest BCUT2D eigenvalue weighted by Gasteiger charge is -2.38. The monoisotopic (exact) mass is 435 g/mol. The number of carbonyl (C=O) groups is 1. The second-order valence-electron chi connectivity index (χ2n) is 8.68. The van der Waals surface area contributed by atoms with Crippen molar-refractivity contribution >= 4 is 16.9 Å². The molecule has 4 rings (SSSR count). The van der Waals surface area contributed by atoms with Crippen molar-refractivity contribution in [1.82, 2.24) is 24.6 Å². The first-order valence-corrected chi connectivity index (χ1v) is 11.4. The van der Waals surface area contributed by atoms with E-state index in [1.807, 2.05) is 34.7 Å². The highest BCUT2D eigenvalue weighted by molar-refractivity contribution is 6.05. The molecule has 1 fully saturated rings. The summed E-state index contributed by atoms with van der Waals surface area (Å²) in [4.78, 5) is 22.5. The van der Waals surface area contributed by atoms with Crippen molar-refractivity contribution in [2.75, 3.05) is 33.3 Å². The van der Waals surface area contributed by atoms with Gasteiger partial charge in [-0.25, -0.2) is 9.67 Å². The van der Waals surface area contributed by atoms with E-state index in [0.717, 1.165) is 42.0 Å². The van der Waals surface area contributed by atoms with Gasteiger partial charge in [0.05, 0.1) is 30.3 Å². The summed E-state index contributed by atoms with van der Waals surface area (Å²) in [5, 5.41) is 5.38. The van der Waals surface area contributed by atoms with Crippen LogP contribution in [0.2, 0.25) is 0 Å². The maximum Gasteiger partial charge on any atom is 0.254 e. The largest absolute Gasteiger partial charge is 0.497 e. The topological polar surface area (TPSA) is 63.5 Å². The molecule has 7 nitrogen and oxygen atoms in total. The van der Waals surface area contributed by atoms with Gasteiger partial charge in [-0.05, 0) is 51.0 Å². The molecule has 2 unspecified atom stereocenters. The molecule has 3 aromatic rings. The summed E-state index contributed by atoms with van der Waals surface area (Å²) in [6.07, 6.45) is 2.76. The minimum atomic E-state index is 0.0675. The molecule has 0 radical (unpaired) electrons. The van der Waals surface area contributed by atoms with E-state index in [1.165, 1.54) is 5.56 Å². The molecule has 1 aromatic carbocycles. The lowest BCUT2D eigenvalue weighted by molar-refractivity contribution is 0.0583. The predicted octanol–water partition coefficient (Wildman–Crippen LogP) is 4.24. The molecule has 32 heavy (non-hydrogen) atoms. The van der Waals surface area contributed by atoms with Crippen molar-refractivity contribution in [1.29, 1.82) is 0 Å². The average Bonchev–Trinajstić information content (AvgIpc) is 3.26. The minimum Gasteiger partial charge on any atom is -0.497 e. The summed E-state index contributed by atoms with van der Waals surface area (Å²) in [6, 6.07) is 10.6. The van der Waals surface area contributed by atoms with E-state index < -0.39 is 0 Å². The molecule has 0 N–H and O–H groups in total. The summed E-state index contributed by atoms with van der Waals surface area (Å²) in [6.45, 7) is 11.5. The zero-order chi connectivity index (χ0) is 22.8. The molecule has 0 spiro atoms. The minimum absolute atomic E-state index is 0.0675. The third-order valence-electron chi connectivity index (χ3n) is 6.66. The SMILES string of the molecule is CCC(C)n1ncc2c(C(=O)N3CCN(C(C)c4cccc(OC)c4)CC3)cc(C)nc21. The average molecular weight is 436 g/mol. The Balaban J connectivity index is 1.50. The van der Waals surface area contributed by atoms with Gasteiger partial charge >= 0.3 is 0 Å². The highest BCUT2D eigenvalue weighted by Crippen LogP contribution is 2.27. The van der Waals surface area contributed by atoms with Gasteiger partial charge in [0, 0.05) is 37.9 Å². The number of methoxy groups -OCH3 is 1. The van der Waals surface area contributed by atoms with E-state index in [9.17, 15) is 4.79 Å². The summed E-state index contributed by atoms with van der Waals surface area (Å²) in [5.74, 6) is 0.941. The highest BCUT2D eigenvalue weighted by Gasteiger charge is 2.27. The van der Waals surface area contributed by atoms with Gasteiger partial charge < -0.3 is 9.64 Å². The Hall–Kier alpha value is -2.93. The van der Waals surface area contributed by atoms with Crippen molar-refractivity contribution < 1.29 is 9.53 Å². The van der Waals surface area contributed by atoms with E-state index in [0.29, 0.717) is 18.7 Å². The number of amides is 1. The molecule has 0 aliphatic carbocycles. The van der Waals surface area contributed by atoms with Crippen molar-refractivity contribution in [3.8, 4) is 5.75 Å². The van der Waals surface area contributed by atoms with Crippen LogP contribution in [0.3, 0.4) is 0 Å². The van der Waals surface area contributed by atoms with Gasteiger partial charge in [-0.15, -0.1) is 0 Å². The van der Waals surface area contributed by atoms with E-state index in [2.05, 4.69) is 47.9 Å². The molecule has 2 aromatic heterocycles. The van der Waals surface area contributed by atoms with Crippen LogP contribution in [0.25, 0.3) is 11.0 Å². The van der Waals surface area contributed by atoms with Crippen molar-refractivity contribution in [2.45, 2.75) is 46.2 Å². The lowest BCUT2D eigenvalue weighted by atomic mass is 10.1. The molecule has 1 amide bonds. The first-order chi connectivity index (χ1) is 15.4. The van der Waals surface area contributed by atoms with Crippen LogP contribution >= 0.6 is 0 Å². The third kappa shape index (κ3) is 4.21. The van der Waals surface area contributed by atoms with Gasteiger partial charge in [0.1, 0.15) is 5.75 Å². The Labute approximate surface area is 190 Å². The number of rotatable bonds is 6. The van der Waals surface area contributed by atoms with Crippen molar-refractivity contribution in [3.05, 3.63) is 53.3 Å². The number of aromatic nitrogens is 3. The van der Waals surface area contributed by atoms with Crippen molar-refractivity contribution in [2.24, 2.45) is 0 Å². The Bertz CT molecular complexity index is 1100. The fourth-order valence-electron chi connectivity index (χ4n) is 4.41. The summed E-state index contributed by atoms with van der Waals surface area (Å²) in [5.41, 5.74) is 3.58. The molecule has 7 heteroatoms. The van der Waals surface area contributed by atoms with Gasteiger partial charge in [-0.1, -0.05) is 19.1 Å². The highest BCUT2D eigenvalue weighted by atomic mass is 16.5. The van der Waals surface area contributed by atoms with E-state index in [1.54, 1.807) is 13.3 Å². The molecule has 170 valence electrons. The molecular weight excluding hydrogens is 402 g/mol. The summed E-state index contributed by atoms with van der Waals surface area (Å²) < 4.78 is 7.31. The van der Waals surface area contributed by atoms with E-state index in [-0.39, 0.29) is 18.0 Å². The summed E-state index contributed by atoms with van der Waals surface area (Å²) >= 11 is 0. The van der Waals surface area contributed by atoms with Gasteiger partial charge in [0.25, 0.3) is 5.91 Å². The number of aryl methyl sites for hydroxylation is 1. The van der Waals surface area contributed by atoms with Crippen LogP contribution in [0.15, 0.2) is 36.5 Å². The number of hydrogen-bond donors (Lipinski definition) is 0. The number of piperazine rings is 1. The van der Waals surface area contributed by atoms with Gasteiger partial charge in [0.2, 0.25) is 0 Å². The van der Waals surface area contributed by atoms with E-state index >= 15 is 0 Å². The second kappa shape index (κ2) is 9.28. The molecular formula is C25H33N5O2. The smallest absolute Gasteiger partial charge is 0.254 e. The van der Waals surface area contributed by atoms with Crippen LogP contribution in [-0.2, 0) is 0 Å². The molecule has 2 atom stereocenters. The molecule has 1 aliphatic rings. The normalized spacial score (nSPS) is 16.8. The number of carbonyl (C=O) groups excluding carboxylic acids is 1. The third-order valence-corrected chi connectivity index (χ3v) is 6.66. The first kappa shape index (κ1) is 22.3. The quantitative estimate of drug-likeness (QED) is 0.580. The molecule has 1 aliphatic heterocycles. The first-order valence-electron chi connectivity index (χ1n) is 11.4. The Morgan fingerprint density at radius 1 is 1.16 bits per heavy atom. The van der Waals surface area contributed by atoms with Crippen LogP contribution in [0, 0.1) is 6.92 Å². The Morgan fingerprint density at radius 3 is 2.59 bits per heavy atom. The van der Waals surface area contributed by atoms with Gasteiger partial charge in [0.15, 0.2) is 5.65 Å². The maximum absolute atomic E-state index is 13.5. The fourth-order valence-corrected chi connectivity index (χ4v) is 4.41. The van der Waals surface area contributed by atoms with Crippen LogP contribution < -0.4 is 4.74 Å². The van der Waals surface area contributed by atoms with Gasteiger partial charge in [-0.2, -0.15) is 5.10 Å². The molecule has 0 saturated carbocycles. The maximum atomic E-state index is 13.5.